The summed E-state index contributed by atoms with van der Waals surface area (Å²) in [5.74, 6) is -0.598. The van der Waals surface area contributed by atoms with Crippen LogP contribution < -0.4 is 5.32 Å². The molecule has 5 N–H and O–H groups in total. The molecular formula is C63H121NO5. The first-order valence-corrected chi connectivity index (χ1v) is 30.9. The number of amides is 1. The first-order valence-electron chi connectivity index (χ1n) is 30.9. The molecule has 4 unspecified atom stereocenters. The molecule has 0 aromatic rings. The van der Waals surface area contributed by atoms with Gasteiger partial charge >= 0.3 is 0 Å². The number of carbonyl (C=O) groups is 1. The average molecular weight is 973 g/mol. The number of aliphatic hydroxyl groups is 4. The Morgan fingerprint density at radius 3 is 0.957 bits per heavy atom. The molecule has 0 radical (unpaired) electrons. The van der Waals surface area contributed by atoms with Crippen LogP contribution in [0.3, 0.4) is 0 Å². The third-order valence-electron chi connectivity index (χ3n) is 14.6. The van der Waals surface area contributed by atoms with Crippen LogP contribution in [0.25, 0.3) is 0 Å². The summed E-state index contributed by atoms with van der Waals surface area (Å²) in [6.45, 7) is 4.08. The Balaban J connectivity index is 3.63. The van der Waals surface area contributed by atoms with Gasteiger partial charge in [-0.05, 0) is 70.6 Å². The Kier molecular flexibility index (Phi) is 56.2. The highest BCUT2D eigenvalue weighted by Gasteiger charge is 2.28. The highest BCUT2D eigenvalue weighted by molar-refractivity contribution is 5.80. The summed E-state index contributed by atoms with van der Waals surface area (Å²) < 4.78 is 0. The van der Waals surface area contributed by atoms with Crippen molar-refractivity contribution < 1.29 is 25.2 Å². The van der Waals surface area contributed by atoms with Gasteiger partial charge in [-0.1, -0.05) is 294 Å². The van der Waals surface area contributed by atoms with Crippen LogP contribution in [0, 0.1) is 0 Å². The van der Waals surface area contributed by atoms with E-state index in [-0.39, 0.29) is 0 Å². The predicted molar refractivity (Wildman–Crippen MR) is 302 cm³/mol. The molecule has 408 valence electrons. The number of aliphatic hydroxyl groups excluding tert-OH is 4. The van der Waals surface area contributed by atoms with Crippen molar-refractivity contribution in [3.8, 4) is 0 Å². The van der Waals surface area contributed by atoms with Gasteiger partial charge in [-0.3, -0.25) is 4.79 Å². The summed E-state index contributed by atoms with van der Waals surface area (Å²) in [7, 11) is 0. The lowest BCUT2D eigenvalue weighted by Gasteiger charge is -2.27. The fraction of sp³-hybridized carbons (Fsp3) is 0.889. The monoisotopic (exact) mass is 972 g/mol. The van der Waals surface area contributed by atoms with E-state index in [1.807, 2.05) is 0 Å². The van der Waals surface area contributed by atoms with E-state index in [1.54, 1.807) is 0 Å². The molecule has 0 aromatic heterocycles. The van der Waals surface area contributed by atoms with Gasteiger partial charge in [-0.15, -0.1) is 0 Å². The van der Waals surface area contributed by atoms with Crippen molar-refractivity contribution in [3.05, 3.63) is 36.5 Å². The number of carbonyl (C=O) groups excluding carboxylic acids is 1. The number of hydrogen-bond acceptors (Lipinski definition) is 5. The van der Waals surface area contributed by atoms with Crippen LogP contribution in [0.4, 0.5) is 0 Å². The van der Waals surface area contributed by atoms with Gasteiger partial charge in [0.1, 0.15) is 12.2 Å². The smallest absolute Gasteiger partial charge is 0.249 e. The molecule has 0 aliphatic rings. The molecule has 0 saturated carbocycles. The first-order chi connectivity index (χ1) is 34.0. The standard InChI is InChI=1S/C63H121NO5/c1-3-5-7-9-11-13-15-17-19-21-23-25-27-28-29-30-31-32-33-34-35-37-38-40-42-44-46-48-50-52-54-56-60(66)62(68)59(58-65)64-63(69)61(67)57-55-53-51-49-47-45-43-41-39-36-26-24-22-20-18-16-14-12-10-8-6-4-2/h24,26,39,41,48,50,59-62,65-68H,3-23,25,27-38,40,42-47,49,51-58H2,1-2H3,(H,64,69)/b26-24-,41-39-,50-48+. The van der Waals surface area contributed by atoms with Crippen LogP contribution in [-0.2, 0) is 4.79 Å². The van der Waals surface area contributed by atoms with Gasteiger partial charge in [0.15, 0.2) is 0 Å². The molecular weight excluding hydrogens is 851 g/mol. The number of nitrogens with one attached hydrogen (secondary N) is 1. The van der Waals surface area contributed by atoms with E-state index < -0.39 is 36.9 Å². The molecule has 0 spiro atoms. The van der Waals surface area contributed by atoms with Crippen molar-refractivity contribution in [2.24, 2.45) is 0 Å². The predicted octanol–water partition coefficient (Wildman–Crippen LogP) is 18.4. The zero-order valence-electron chi connectivity index (χ0n) is 46.3. The molecule has 69 heavy (non-hydrogen) atoms. The zero-order valence-corrected chi connectivity index (χ0v) is 46.3. The molecule has 0 bridgehead atoms. The number of rotatable bonds is 57. The maximum atomic E-state index is 12.6. The molecule has 6 heteroatoms. The van der Waals surface area contributed by atoms with Crippen molar-refractivity contribution >= 4 is 5.91 Å². The lowest BCUT2D eigenvalue weighted by Crippen LogP contribution is -2.53. The minimum Gasteiger partial charge on any atom is -0.394 e. The van der Waals surface area contributed by atoms with Gasteiger partial charge in [-0.2, -0.15) is 0 Å². The van der Waals surface area contributed by atoms with Crippen LogP contribution in [0.15, 0.2) is 36.5 Å². The molecule has 0 saturated heterocycles. The fourth-order valence-electron chi connectivity index (χ4n) is 9.73. The zero-order chi connectivity index (χ0) is 50.2. The number of hydrogen-bond donors (Lipinski definition) is 5. The highest BCUT2D eigenvalue weighted by Crippen LogP contribution is 2.18. The molecule has 0 fully saturated rings. The van der Waals surface area contributed by atoms with Crippen LogP contribution >= 0.6 is 0 Å². The maximum Gasteiger partial charge on any atom is 0.249 e. The Bertz CT molecular complexity index is 1090. The van der Waals surface area contributed by atoms with E-state index in [0.29, 0.717) is 12.8 Å². The second kappa shape index (κ2) is 57.4. The van der Waals surface area contributed by atoms with Gasteiger partial charge in [-0.25, -0.2) is 0 Å². The topological polar surface area (TPSA) is 110 Å². The van der Waals surface area contributed by atoms with Gasteiger partial charge in [0.2, 0.25) is 5.91 Å². The molecule has 4 atom stereocenters. The largest absolute Gasteiger partial charge is 0.394 e. The van der Waals surface area contributed by atoms with Gasteiger partial charge in [0.25, 0.3) is 0 Å². The average Bonchev–Trinajstić information content (AvgIpc) is 3.35. The second-order valence-electron chi connectivity index (χ2n) is 21.4. The first kappa shape index (κ1) is 67.5. The normalized spacial score (nSPS) is 13.9. The fourth-order valence-corrected chi connectivity index (χ4v) is 9.73. The molecule has 0 rings (SSSR count). The van der Waals surface area contributed by atoms with Crippen LogP contribution in [-0.4, -0.2) is 57.3 Å². The van der Waals surface area contributed by atoms with Crippen molar-refractivity contribution in [2.75, 3.05) is 6.61 Å². The van der Waals surface area contributed by atoms with Crippen molar-refractivity contribution in [1.29, 1.82) is 0 Å². The van der Waals surface area contributed by atoms with Gasteiger partial charge in [0, 0.05) is 0 Å². The summed E-state index contributed by atoms with van der Waals surface area (Å²) in [5, 5.41) is 44.0. The second-order valence-corrected chi connectivity index (χ2v) is 21.4. The third kappa shape index (κ3) is 51.2. The third-order valence-corrected chi connectivity index (χ3v) is 14.6. The van der Waals surface area contributed by atoms with Crippen LogP contribution in [0.2, 0.25) is 0 Å². The quantitative estimate of drug-likeness (QED) is 0.0308. The Morgan fingerprint density at radius 1 is 0.362 bits per heavy atom. The maximum absolute atomic E-state index is 12.6. The summed E-state index contributed by atoms with van der Waals surface area (Å²) >= 11 is 0. The summed E-state index contributed by atoms with van der Waals surface area (Å²) in [6.07, 6.45) is 72.4. The molecule has 0 aliphatic carbocycles. The summed E-state index contributed by atoms with van der Waals surface area (Å²) in [5.41, 5.74) is 0. The van der Waals surface area contributed by atoms with E-state index in [2.05, 4.69) is 55.6 Å². The summed E-state index contributed by atoms with van der Waals surface area (Å²) in [6, 6.07) is -1.01. The number of unbranched alkanes of at least 4 members (excludes halogenated alkanes) is 42. The molecule has 0 aromatic carbocycles. The van der Waals surface area contributed by atoms with Crippen molar-refractivity contribution in [2.45, 2.75) is 353 Å². The van der Waals surface area contributed by atoms with E-state index in [0.717, 1.165) is 57.8 Å². The number of allylic oxidation sites excluding steroid dienone is 6. The molecule has 0 aliphatic heterocycles. The van der Waals surface area contributed by atoms with E-state index >= 15 is 0 Å². The van der Waals surface area contributed by atoms with E-state index in [9.17, 15) is 25.2 Å². The lowest BCUT2D eigenvalue weighted by molar-refractivity contribution is -0.132. The van der Waals surface area contributed by atoms with Crippen molar-refractivity contribution in [3.63, 3.8) is 0 Å². The van der Waals surface area contributed by atoms with E-state index in [1.165, 1.54) is 244 Å². The molecule has 1 amide bonds. The van der Waals surface area contributed by atoms with E-state index in [4.69, 9.17) is 0 Å². The van der Waals surface area contributed by atoms with Crippen LogP contribution in [0.1, 0.15) is 328 Å². The molecule has 6 nitrogen and oxygen atoms in total. The van der Waals surface area contributed by atoms with Crippen molar-refractivity contribution in [1.82, 2.24) is 5.32 Å². The minimum absolute atomic E-state index is 0.351. The SMILES string of the molecule is CCCCCCCCCCC/C=C\C/C=C\CCCCCCCCC(O)C(=O)NC(CO)C(O)C(O)CCC/C=C/CCCCCCCCCCCCCCCCCCCCCCCCCCCC. The highest BCUT2D eigenvalue weighted by atomic mass is 16.3. The van der Waals surface area contributed by atoms with Gasteiger partial charge < -0.3 is 25.7 Å². The Morgan fingerprint density at radius 2 is 0.638 bits per heavy atom. The van der Waals surface area contributed by atoms with Gasteiger partial charge in [0.05, 0.1) is 18.8 Å². The summed E-state index contributed by atoms with van der Waals surface area (Å²) in [4.78, 5) is 12.6. The minimum atomic E-state index is -1.29. The molecule has 0 heterocycles. The Hall–Kier alpha value is -1.47. The lowest BCUT2D eigenvalue weighted by atomic mass is 10.00. The Labute approximate surface area is 430 Å². The van der Waals surface area contributed by atoms with Crippen LogP contribution in [0.5, 0.6) is 0 Å².